The normalized spacial score (nSPS) is 17.2. The van der Waals surface area contributed by atoms with E-state index in [4.69, 9.17) is 4.74 Å². The maximum absolute atomic E-state index is 12.4. The number of piperidine rings is 1. The van der Waals surface area contributed by atoms with Crippen LogP contribution in [0.4, 0.5) is 0 Å². The number of hydrogen-bond acceptors (Lipinski definition) is 3. The molecule has 1 aromatic carbocycles. The van der Waals surface area contributed by atoms with Gasteiger partial charge in [0.15, 0.2) is 0 Å². The average molecular weight is 290 g/mol. The highest BCUT2D eigenvalue weighted by Gasteiger charge is 2.25. The predicted octanol–water partition coefficient (Wildman–Crippen LogP) is 2.30. The van der Waals surface area contributed by atoms with Crippen LogP contribution in [0.25, 0.3) is 0 Å². The third kappa shape index (κ3) is 4.74. The molecule has 1 heterocycles. The van der Waals surface area contributed by atoms with Gasteiger partial charge < -0.3 is 15.0 Å². The molecule has 1 aromatic rings. The molecule has 4 nitrogen and oxygen atoms in total. The van der Waals surface area contributed by atoms with Crippen molar-refractivity contribution in [3.8, 4) is 5.75 Å². The maximum atomic E-state index is 12.4. The monoisotopic (exact) mass is 290 g/mol. The highest BCUT2D eigenvalue weighted by Crippen LogP contribution is 2.16. The van der Waals surface area contributed by atoms with Crippen molar-refractivity contribution in [2.75, 3.05) is 26.7 Å². The van der Waals surface area contributed by atoms with Crippen LogP contribution in [0.3, 0.4) is 0 Å². The lowest BCUT2D eigenvalue weighted by molar-refractivity contribution is -0.136. The molecule has 0 spiro atoms. The first-order valence-electron chi connectivity index (χ1n) is 7.83. The molecule has 1 aliphatic rings. The van der Waals surface area contributed by atoms with Gasteiger partial charge in [-0.1, -0.05) is 25.1 Å². The maximum Gasteiger partial charge on any atom is 0.225 e. The van der Waals surface area contributed by atoms with Gasteiger partial charge in [-0.15, -0.1) is 0 Å². The van der Waals surface area contributed by atoms with E-state index in [1.54, 1.807) is 0 Å². The molecule has 1 aliphatic heterocycles. The lowest BCUT2D eigenvalue weighted by atomic mass is 10.0. The summed E-state index contributed by atoms with van der Waals surface area (Å²) in [6, 6.07) is 10.1. The number of para-hydroxylation sites is 1. The first kappa shape index (κ1) is 15.8. The Hall–Kier alpha value is -1.55. The van der Waals surface area contributed by atoms with Crippen molar-refractivity contribution in [2.45, 2.75) is 32.2 Å². The first-order chi connectivity index (χ1) is 10.2. The molecule has 1 atom stereocenters. The second-order valence-corrected chi connectivity index (χ2v) is 5.78. The number of nitrogens with one attached hydrogen (secondary N) is 1. The van der Waals surface area contributed by atoms with Gasteiger partial charge in [0.05, 0.1) is 6.61 Å². The second-order valence-electron chi connectivity index (χ2n) is 5.78. The minimum atomic E-state index is 0.00796. The van der Waals surface area contributed by atoms with Crippen molar-refractivity contribution >= 4 is 5.91 Å². The number of amides is 1. The zero-order chi connectivity index (χ0) is 15.1. The Balaban J connectivity index is 1.74. The third-order valence-corrected chi connectivity index (χ3v) is 4.19. The molecule has 21 heavy (non-hydrogen) atoms. The van der Waals surface area contributed by atoms with E-state index < -0.39 is 0 Å². The van der Waals surface area contributed by atoms with Crippen LogP contribution in [0.5, 0.6) is 5.75 Å². The number of rotatable bonds is 6. The quantitative estimate of drug-likeness (QED) is 0.874. The van der Waals surface area contributed by atoms with E-state index in [2.05, 4.69) is 5.32 Å². The van der Waals surface area contributed by atoms with Crippen molar-refractivity contribution in [3.63, 3.8) is 0 Å². The molecule has 1 amide bonds. The average Bonchev–Trinajstić information content (AvgIpc) is 2.55. The summed E-state index contributed by atoms with van der Waals surface area (Å²) in [6.07, 6.45) is 2.86. The van der Waals surface area contributed by atoms with Crippen LogP contribution in [0.2, 0.25) is 0 Å². The number of hydrogen-bond donors (Lipinski definition) is 1. The molecular weight excluding hydrogens is 264 g/mol. The largest absolute Gasteiger partial charge is 0.494 e. The van der Waals surface area contributed by atoms with Crippen LogP contribution in [0.1, 0.15) is 26.2 Å². The summed E-state index contributed by atoms with van der Waals surface area (Å²) in [5.74, 6) is 1.11. The lowest BCUT2D eigenvalue weighted by Crippen LogP contribution is -2.45. The van der Waals surface area contributed by atoms with Gasteiger partial charge in [-0.3, -0.25) is 4.79 Å². The van der Waals surface area contributed by atoms with E-state index >= 15 is 0 Å². The molecule has 0 bridgehead atoms. The minimum Gasteiger partial charge on any atom is -0.494 e. The van der Waals surface area contributed by atoms with Crippen molar-refractivity contribution in [2.24, 2.45) is 5.92 Å². The van der Waals surface area contributed by atoms with Crippen molar-refractivity contribution in [1.82, 2.24) is 10.2 Å². The highest BCUT2D eigenvalue weighted by molar-refractivity contribution is 5.78. The van der Waals surface area contributed by atoms with E-state index in [9.17, 15) is 4.79 Å². The van der Waals surface area contributed by atoms with Crippen LogP contribution in [-0.2, 0) is 4.79 Å². The van der Waals surface area contributed by atoms with Gasteiger partial charge in [0.25, 0.3) is 0 Å². The van der Waals surface area contributed by atoms with Gasteiger partial charge in [-0.2, -0.15) is 0 Å². The van der Waals surface area contributed by atoms with Gasteiger partial charge in [0.1, 0.15) is 5.75 Å². The van der Waals surface area contributed by atoms with Gasteiger partial charge in [-0.05, 0) is 44.5 Å². The van der Waals surface area contributed by atoms with E-state index in [1.165, 1.54) is 0 Å². The zero-order valence-electron chi connectivity index (χ0n) is 13.0. The lowest BCUT2D eigenvalue weighted by Gasteiger charge is -2.33. The summed E-state index contributed by atoms with van der Waals surface area (Å²) >= 11 is 0. The molecule has 0 saturated carbocycles. The van der Waals surface area contributed by atoms with Crippen molar-refractivity contribution in [3.05, 3.63) is 30.3 Å². The molecule has 0 aromatic heterocycles. The Bertz CT molecular complexity index is 430. The fraction of sp³-hybridized carbons (Fsp3) is 0.588. The highest BCUT2D eigenvalue weighted by atomic mass is 16.5. The van der Waals surface area contributed by atoms with Gasteiger partial charge >= 0.3 is 0 Å². The Labute approximate surface area is 127 Å². The first-order valence-corrected chi connectivity index (χ1v) is 7.83. The summed E-state index contributed by atoms with van der Waals surface area (Å²) < 4.78 is 5.67. The van der Waals surface area contributed by atoms with Crippen LogP contribution >= 0.6 is 0 Å². The minimum absolute atomic E-state index is 0.00796. The van der Waals surface area contributed by atoms with Crippen molar-refractivity contribution in [1.29, 1.82) is 0 Å². The smallest absolute Gasteiger partial charge is 0.225 e. The topological polar surface area (TPSA) is 41.6 Å². The SMILES string of the molecule is CC(CCOc1ccccc1)C(=O)N(C)C1CCNCC1. The van der Waals surface area contributed by atoms with Gasteiger partial charge in [0.2, 0.25) is 5.91 Å². The molecule has 0 radical (unpaired) electrons. The van der Waals surface area contributed by atoms with E-state index in [0.717, 1.165) is 38.1 Å². The molecule has 4 heteroatoms. The van der Waals surface area contributed by atoms with Crippen LogP contribution in [0, 0.1) is 5.92 Å². The zero-order valence-corrected chi connectivity index (χ0v) is 13.0. The van der Waals surface area contributed by atoms with Crippen molar-refractivity contribution < 1.29 is 9.53 Å². The molecule has 1 fully saturated rings. The summed E-state index contributed by atoms with van der Waals surface area (Å²) in [5, 5.41) is 3.33. The summed E-state index contributed by atoms with van der Waals surface area (Å²) in [6.45, 7) is 4.59. The number of nitrogens with zero attached hydrogens (tertiary/aromatic N) is 1. The third-order valence-electron chi connectivity index (χ3n) is 4.19. The second kappa shape index (κ2) is 8.03. The van der Waals surface area contributed by atoms with Crippen LogP contribution in [0.15, 0.2) is 30.3 Å². The van der Waals surface area contributed by atoms with E-state index in [1.807, 2.05) is 49.2 Å². The summed E-state index contributed by atoms with van der Waals surface area (Å²) in [7, 11) is 1.94. The number of ether oxygens (including phenoxy) is 1. The molecule has 116 valence electrons. The predicted molar refractivity (Wildman–Crippen MR) is 84.4 cm³/mol. The Kier molecular flexibility index (Phi) is 6.05. The van der Waals surface area contributed by atoms with E-state index in [-0.39, 0.29) is 11.8 Å². The van der Waals surface area contributed by atoms with Crippen LogP contribution < -0.4 is 10.1 Å². The fourth-order valence-electron chi connectivity index (χ4n) is 2.72. The molecular formula is C17H26N2O2. The van der Waals surface area contributed by atoms with Gasteiger partial charge in [0, 0.05) is 19.0 Å². The molecule has 2 rings (SSSR count). The fourth-order valence-corrected chi connectivity index (χ4v) is 2.72. The molecule has 0 aliphatic carbocycles. The Morgan fingerprint density at radius 3 is 2.67 bits per heavy atom. The summed E-state index contributed by atoms with van der Waals surface area (Å²) in [5.41, 5.74) is 0. The molecule has 1 N–H and O–H groups in total. The standard InChI is InChI=1S/C17H26N2O2/c1-14(10-13-21-16-6-4-3-5-7-16)17(20)19(2)15-8-11-18-12-9-15/h3-7,14-15,18H,8-13H2,1-2H3. The number of benzene rings is 1. The van der Waals surface area contributed by atoms with E-state index in [0.29, 0.717) is 12.6 Å². The molecule has 1 unspecified atom stereocenters. The Morgan fingerprint density at radius 1 is 1.33 bits per heavy atom. The van der Waals surface area contributed by atoms with Gasteiger partial charge in [-0.25, -0.2) is 0 Å². The Morgan fingerprint density at radius 2 is 2.00 bits per heavy atom. The molecule has 1 saturated heterocycles. The number of carbonyl (C=O) groups is 1. The number of carbonyl (C=O) groups excluding carboxylic acids is 1. The van der Waals surface area contributed by atoms with Crippen LogP contribution in [-0.4, -0.2) is 43.6 Å². The summed E-state index contributed by atoms with van der Waals surface area (Å²) in [4.78, 5) is 14.4.